The van der Waals surface area contributed by atoms with Crippen molar-refractivity contribution >= 4 is 57.6 Å². The molecule has 1 heterocycles. The highest BCUT2D eigenvalue weighted by Gasteiger charge is 2.13. The number of ether oxygens (including phenoxy) is 1. The first kappa shape index (κ1) is 20.1. The number of esters is 1. The number of benzene rings is 2. The number of carbonyl (C=O) groups excluding carboxylic acids is 2. The van der Waals surface area contributed by atoms with Gasteiger partial charge in [-0.15, -0.1) is 0 Å². The van der Waals surface area contributed by atoms with Crippen LogP contribution in [-0.2, 0) is 16.1 Å². The number of rotatable bonds is 5. The molecule has 0 aliphatic rings. The van der Waals surface area contributed by atoms with Crippen molar-refractivity contribution in [3.63, 3.8) is 0 Å². The maximum Gasteiger partial charge on any atom is 0.325 e. The number of amides is 1. The van der Waals surface area contributed by atoms with Gasteiger partial charge in [0.2, 0.25) is 0 Å². The maximum absolute atomic E-state index is 12.1. The minimum absolute atomic E-state index is 0.153. The molecule has 0 bridgehead atoms. The molecule has 2 N–H and O–H groups in total. The van der Waals surface area contributed by atoms with E-state index in [1.807, 2.05) is 0 Å². The molecule has 10 heteroatoms. The second-order valence-electron chi connectivity index (χ2n) is 5.64. The van der Waals surface area contributed by atoms with Gasteiger partial charge in [0.05, 0.1) is 21.5 Å². The number of H-pyrrole nitrogens is 1. The smallest absolute Gasteiger partial charge is 0.325 e. The molecule has 0 fully saturated rings. The number of hydrogen-bond acceptors (Lipinski definition) is 5. The predicted molar refractivity (Wildman–Crippen MR) is 106 cm³/mol. The Morgan fingerprint density at radius 1 is 1.07 bits per heavy atom. The Balaban J connectivity index is 1.59. The highest BCUT2D eigenvalue weighted by atomic mass is 35.5. The molecule has 0 saturated carbocycles. The van der Waals surface area contributed by atoms with Crippen LogP contribution in [-0.4, -0.2) is 28.4 Å². The maximum atomic E-state index is 12.1. The van der Waals surface area contributed by atoms with E-state index in [9.17, 15) is 14.4 Å². The van der Waals surface area contributed by atoms with Crippen molar-refractivity contribution in [2.45, 2.75) is 6.61 Å². The topological polar surface area (TPSA) is 101 Å². The first-order valence-corrected chi connectivity index (χ1v) is 9.04. The zero-order valence-corrected chi connectivity index (χ0v) is 16.4. The van der Waals surface area contributed by atoms with Gasteiger partial charge >= 0.3 is 5.97 Å². The molecule has 3 rings (SSSR count). The summed E-state index contributed by atoms with van der Waals surface area (Å²) in [7, 11) is 0. The second kappa shape index (κ2) is 8.60. The molecule has 0 radical (unpaired) electrons. The quantitative estimate of drug-likeness (QED) is 0.593. The fourth-order valence-corrected chi connectivity index (χ4v) is 3.01. The van der Waals surface area contributed by atoms with Crippen LogP contribution < -0.4 is 10.9 Å². The van der Waals surface area contributed by atoms with Gasteiger partial charge < -0.3 is 15.0 Å². The number of aromatic nitrogens is 2. The minimum atomic E-state index is -0.715. The highest BCUT2D eigenvalue weighted by molar-refractivity contribution is 6.36. The Bertz CT molecular complexity index is 1130. The van der Waals surface area contributed by atoms with E-state index in [2.05, 4.69) is 15.3 Å². The van der Waals surface area contributed by atoms with E-state index in [4.69, 9.17) is 39.5 Å². The van der Waals surface area contributed by atoms with E-state index in [-0.39, 0.29) is 35.1 Å². The molecule has 1 amide bonds. The molecule has 144 valence electrons. The van der Waals surface area contributed by atoms with Crippen LogP contribution in [0.3, 0.4) is 0 Å². The molecule has 28 heavy (non-hydrogen) atoms. The molecule has 0 saturated heterocycles. The number of carbonyl (C=O) groups is 2. The van der Waals surface area contributed by atoms with Crippen molar-refractivity contribution in [1.29, 1.82) is 0 Å². The Labute approximate surface area is 173 Å². The number of nitrogens with zero attached hydrogens (tertiary/aromatic N) is 1. The normalized spacial score (nSPS) is 10.7. The minimum Gasteiger partial charge on any atom is -0.456 e. The monoisotopic (exact) mass is 439 g/mol. The standard InChI is InChI=1S/C18H12Cl3N3O4/c19-9-1-3-11(13(21)5-9)17(26)22-7-16(25)28-8-15-23-14-6-10(20)2-4-12(14)18(27)24-15/h1-6H,7-8H2,(H,22,26)(H,23,24,27). The summed E-state index contributed by atoms with van der Waals surface area (Å²) < 4.78 is 5.02. The number of halogens is 3. The summed E-state index contributed by atoms with van der Waals surface area (Å²) in [6.07, 6.45) is 0. The number of aromatic amines is 1. The molecule has 2 aromatic carbocycles. The number of nitrogens with one attached hydrogen (secondary N) is 2. The summed E-state index contributed by atoms with van der Waals surface area (Å²) in [5, 5.41) is 3.74. The van der Waals surface area contributed by atoms with Crippen LogP contribution in [0.25, 0.3) is 10.9 Å². The van der Waals surface area contributed by atoms with Gasteiger partial charge in [0, 0.05) is 10.0 Å². The van der Waals surface area contributed by atoms with Crippen LogP contribution in [0.4, 0.5) is 0 Å². The van der Waals surface area contributed by atoms with Crippen LogP contribution in [0.2, 0.25) is 15.1 Å². The number of hydrogen-bond donors (Lipinski definition) is 2. The average Bonchev–Trinajstić information content (AvgIpc) is 2.64. The number of fused-ring (bicyclic) bond motifs is 1. The molecule has 0 spiro atoms. The van der Waals surface area contributed by atoms with Gasteiger partial charge in [0.1, 0.15) is 19.0 Å². The Morgan fingerprint density at radius 2 is 1.79 bits per heavy atom. The van der Waals surface area contributed by atoms with Crippen molar-refractivity contribution in [2.75, 3.05) is 6.54 Å². The third-order valence-corrected chi connectivity index (χ3v) is 4.44. The molecule has 3 aromatic rings. The zero-order chi connectivity index (χ0) is 20.3. The lowest BCUT2D eigenvalue weighted by Gasteiger charge is -2.08. The predicted octanol–water partition coefficient (Wildman–Crippen LogP) is 3.36. The largest absolute Gasteiger partial charge is 0.456 e. The first-order chi connectivity index (χ1) is 13.3. The molecule has 0 unspecified atom stereocenters. The van der Waals surface area contributed by atoms with Gasteiger partial charge in [-0.25, -0.2) is 4.98 Å². The molecule has 1 aromatic heterocycles. The second-order valence-corrected chi connectivity index (χ2v) is 6.92. The summed E-state index contributed by atoms with van der Waals surface area (Å²) in [6.45, 7) is -0.657. The van der Waals surface area contributed by atoms with Crippen molar-refractivity contribution < 1.29 is 14.3 Å². The van der Waals surface area contributed by atoms with Gasteiger partial charge in [0.25, 0.3) is 11.5 Å². The van der Waals surface area contributed by atoms with Crippen molar-refractivity contribution in [3.05, 3.63) is 73.2 Å². The summed E-state index contributed by atoms with van der Waals surface area (Å²) in [6, 6.07) is 9.04. The van der Waals surface area contributed by atoms with Crippen LogP contribution in [0.1, 0.15) is 16.2 Å². The Hall–Kier alpha value is -2.61. The highest BCUT2D eigenvalue weighted by Crippen LogP contribution is 2.20. The fraction of sp³-hybridized carbons (Fsp3) is 0.111. The summed E-state index contributed by atoms with van der Waals surface area (Å²) in [5.41, 5.74) is 0.183. The van der Waals surface area contributed by atoms with E-state index in [1.54, 1.807) is 12.1 Å². The first-order valence-electron chi connectivity index (χ1n) is 7.91. The SMILES string of the molecule is O=C(CNC(=O)c1ccc(Cl)cc1Cl)OCc1nc2cc(Cl)ccc2c(=O)[nH]1. The molecular formula is C18H12Cl3N3O4. The van der Waals surface area contributed by atoms with E-state index in [0.29, 0.717) is 20.9 Å². The van der Waals surface area contributed by atoms with Crippen LogP contribution in [0.15, 0.2) is 41.2 Å². The summed E-state index contributed by atoms with van der Waals surface area (Å²) >= 11 is 17.6. The summed E-state index contributed by atoms with van der Waals surface area (Å²) in [5.74, 6) is -1.11. The van der Waals surface area contributed by atoms with Crippen molar-refractivity contribution in [3.8, 4) is 0 Å². The van der Waals surface area contributed by atoms with Gasteiger partial charge in [-0.3, -0.25) is 14.4 Å². The Kier molecular flexibility index (Phi) is 6.18. The van der Waals surface area contributed by atoms with Gasteiger partial charge in [-0.05, 0) is 36.4 Å². The van der Waals surface area contributed by atoms with Crippen molar-refractivity contribution in [1.82, 2.24) is 15.3 Å². The molecule has 0 aliphatic heterocycles. The van der Waals surface area contributed by atoms with E-state index < -0.39 is 11.9 Å². The summed E-state index contributed by atoms with van der Waals surface area (Å²) in [4.78, 5) is 42.7. The van der Waals surface area contributed by atoms with Crippen LogP contribution in [0, 0.1) is 0 Å². The third-order valence-electron chi connectivity index (χ3n) is 3.66. The molecule has 7 nitrogen and oxygen atoms in total. The van der Waals surface area contributed by atoms with Crippen LogP contribution >= 0.6 is 34.8 Å². The van der Waals surface area contributed by atoms with Gasteiger partial charge in [-0.2, -0.15) is 0 Å². The average molecular weight is 441 g/mol. The third kappa shape index (κ3) is 4.81. The Morgan fingerprint density at radius 3 is 2.54 bits per heavy atom. The lowest BCUT2D eigenvalue weighted by atomic mass is 10.2. The van der Waals surface area contributed by atoms with E-state index >= 15 is 0 Å². The van der Waals surface area contributed by atoms with Gasteiger partial charge in [0.15, 0.2) is 0 Å². The van der Waals surface area contributed by atoms with Crippen molar-refractivity contribution in [2.24, 2.45) is 0 Å². The lowest BCUT2D eigenvalue weighted by molar-refractivity contribution is -0.143. The zero-order valence-electron chi connectivity index (χ0n) is 14.1. The van der Waals surface area contributed by atoms with Crippen LogP contribution in [0.5, 0.6) is 0 Å². The van der Waals surface area contributed by atoms with Gasteiger partial charge in [-0.1, -0.05) is 34.8 Å². The fourth-order valence-electron chi connectivity index (χ4n) is 2.35. The van der Waals surface area contributed by atoms with E-state index in [1.165, 1.54) is 24.3 Å². The van der Waals surface area contributed by atoms with E-state index in [0.717, 1.165) is 0 Å². The lowest BCUT2D eigenvalue weighted by Crippen LogP contribution is -2.31. The molecule has 0 atom stereocenters. The molecular weight excluding hydrogens is 429 g/mol. The molecule has 0 aliphatic carbocycles.